The van der Waals surface area contributed by atoms with Crippen molar-refractivity contribution in [2.45, 2.75) is 32.7 Å². The summed E-state index contributed by atoms with van der Waals surface area (Å²) in [7, 11) is 1.80. The molecular formula is C20H34FIN4O. The van der Waals surface area contributed by atoms with Crippen molar-refractivity contribution in [3.63, 3.8) is 0 Å². The Kier molecular flexibility index (Phi) is 12.6. The van der Waals surface area contributed by atoms with Crippen molar-refractivity contribution in [2.75, 3.05) is 46.4 Å². The van der Waals surface area contributed by atoms with Crippen LogP contribution in [0.3, 0.4) is 0 Å². The summed E-state index contributed by atoms with van der Waals surface area (Å²) in [6.45, 7) is 8.08. The summed E-state index contributed by atoms with van der Waals surface area (Å²) in [4.78, 5) is 6.62. The zero-order chi connectivity index (χ0) is 18.6. The van der Waals surface area contributed by atoms with Gasteiger partial charge in [0, 0.05) is 45.5 Å². The molecule has 1 aromatic carbocycles. The van der Waals surface area contributed by atoms with E-state index in [-0.39, 0.29) is 29.8 Å². The minimum atomic E-state index is -0.101. The lowest BCUT2D eigenvalue weighted by Crippen LogP contribution is -2.43. The predicted octanol–water partition coefficient (Wildman–Crippen LogP) is 3.25. The first-order chi connectivity index (χ1) is 12.7. The quantitative estimate of drug-likeness (QED) is 0.241. The first-order valence-electron chi connectivity index (χ1n) is 9.71. The molecule has 1 aromatic rings. The Labute approximate surface area is 180 Å². The van der Waals surface area contributed by atoms with E-state index < -0.39 is 0 Å². The molecule has 5 nitrogen and oxygen atoms in total. The van der Waals surface area contributed by atoms with Crippen LogP contribution in [0.1, 0.15) is 31.7 Å². The standard InChI is InChI=1S/C20H33FN4O.HI/c1-3-26-14-6-11-23-20(22-2)24-15-17-9-12-25(13-10-17)16-18-7-4-5-8-19(18)21;/h4-5,7-8,17H,3,6,9-16H2,1-2H3,(H2,22,23,24);1H. The van der Waals surface area contributed by atoms with Gasteiger partial charge in [0.1, 0.15) is 5.82 Å². The fourth-order valence-corrected chi connectivity index (χ4v) is 3.20. The summed E-state index contributed by atoms with van der Waals surface area (Å²) >= 11 is 0. The number of halogens is 2. The van der Waals surface area contributed by atoms with E-state index >= 15 is 0 Å². The SMILES string of the molecule is CCOCCCNC(=NC)NCC1CCN(Cc2ccccc2F)CC1.I. The van der Waals surface area contributed by atoms with Gasteiger partial charge in [-0.3, -0.25) is 9.89 Å². The van der Waals surface area contributed by atoms with Gasteiger partial charge in [0.2, 0.25) is 0 Å². The van der Waals surface area contributed by atoms with E-state index in [0.717, 1.165) is 70.2 Å². The Balaban J connectivity index is 0.00000364. The Morgan fingerprint density at radius 3 is 2.67 bits per heavy atom. The first kappa shape index (κ1) is 24.1. The van der Waals surface area contributed by atoms with Gasteiger partial charge in [-0.2, -0.15) is 0 Å². The fourth-order valence-electron chi connectivity index (χ4n) is 3.20. The molecule has 0 aliphatic carbocycles. The van der Waals surface area contributed by atoms with Gasteiger partial charge in [-0.1, -0.05) is 18.2 Å². The smallest absolute Gasteiger partial charge is 0.190 e. The molecule has 0 unspecified atom stereocenters. The van der Waals surface area contributed by atoms with Crippen LogP contribution in [0.5, 0.6) is 0 Å². The number of hydrogen-bond acceptors (Lipinski definition) is 3. The van der Waals surface area contributed by atoms with Gasteiger partial charge in [0.25, 0.3) is 0 Å². The largest absolute Gasteiger partial charge is 0.382 e. The van der Waals surface area contributed by atoms with Crippen molar-refractivity contribution < 1.29 is 9.13 Å². The number of ether oxygens (including phenoxy) is 1. The summed E-state index contributed by atoms with van der Waals surface area (Å²) in [5.74, 6) is 1.39. The molecule has 0 aromatic heterocycles. The lowest BCUT2D eigenvalue weighted by atomic mass is 9.96. The third-order valence-electron chi connectivity index (χ3n) is 4.80. The molecule has 0 amide bonds. The van der Waals surface area contributed by atoms with Gasteiger partial charge in [-0.15, -0.1) is 24.0 Å². The molecular weight excluding hydrogens is 458 g/mol. The lowest BCUT2D eigenvalue weighted by Gasteiger charge is -2.32. The summed E-state index contributed by atoms with van der Waals surface area (Å²) in [5, 5.41) is 6.75. The first-order valence-corrected chi connectivity index (χ1v) is 9.71. The van der Waals surface area contributed by atoms with Crippen molar-refractivity contribution in [2.24, 2.45) is 10.9 Å². The Morgan fingerprint density at radius 1 is 1.26 bits per heavy atom. The molecule has 2 N–H and O–H groups in total. The third-order valence-corrected chi connectivity index (χ3v) is 4.80. The van der Waals surface area contributed by atoms with Gasteiger partial charge in [0.05, 0.1) is 0 Å². The highest BCUT2D eigenvalue weighted by atomic mass is 127. The molecule has 0 radical (unpaired) electrons. The minimum Gasteiger partial charge on any atom is -0.382 e. The molecule has 7 heteroatoms. The number of nitrogens with zero attached hydrogens (tertiary/aromatic N) is 2. The third kappa shape index (κ3) is 9.21. The van der Waals surface area contributed by atoms with Crippen molar-refractivity contribution in [1.82, 2.24) is 15.5 Å². The van der Waals surface area contributed by atoms with Crippen LogP contribution >= 0.6 is 24.0 Å². The van der Waals surface area contributed by atoms with E-state index in [1.54, 1.807) is 19.2 Å². The fraction of sp³-hybridized carbons (Fsp3) is 0.650. The van der Waals surface area contributed by atoms with E-state index in [1.165, 1.54) is 0 Å². The second kappa shape index (κ2) is 14.1. The summed E-state index contributed by atoms with van der Waals surface area (Å²) in [6, 6.07) is 7.07. The lowest BCUT2D eigenvalue weighted by molar-refractivity contribution is 0.145. The van der Waals surface area contributed by atoms with Gasteiger partial charge in [-0.05, 0) is 51.3 Å². The average molecular weight is 492 g/mol. The highest BCUT2D eigenvalue weighted by Gasteiger charge is 2.20. The normalized spacial score (nSPS) is 16.0. The number of guanidine groups is 1. The molecule has 1 saturated heterocycles. The summed E-state index contributed by atoms with van der Waals surface area (Å²) in [6.07, 6.45) is 3.23. The second-order valence-corrected chi connectivity index (χ2v) is 6.74. The molecule has 2 rings (SSSR count). The van der Waals surface area contributed by atoms with E-state index in [4.69, 9.17) is 4.74 Å². The van der Waals surface area contributed by atoms with Crippen LogP contribution in [0.2, 0.25) is 0 Å². The van der Waals surface area contributed by atoms with Crippen molar-refractivity contribution >= 4 is 29.9 Å². The van der Waals surface area contributed by atoms with Gasteiger partial charge in [0.15, 0.2) is 5.96 Å². The van der Waals surface area contributed by atoms with Crippen LogP contribution in [-0.4, -0.2) is 57.3 Å². The van der Waals surface area contributed by atoms with Crippen LogP contribution in [0.15, 0.2) is 29.3 Å². The zero-order valence-electron chi connectivity index (χ0n) is 16.5. The van der Waals surface area contributed by atoms with Gasteiger partial charge in [-0.25, -0.2) is 4.39 Å². The molecule has 1 aliphatic heterocycles. The van der Waals surface area contributed by atoms with Gasteiger partial charge >= 0.3 is 0 Å². The number of rotatable bonds is 9. The van der Waals surface area contributed by atoms with Crippen molar-refractivity contribution in [3.8, 4) is 0 Å². The van der Waals surface area contributed by atoms with Crippen molar-refractivity contribution in [1.29, 1.82) is 0 Å². The average Bonchev–Trinajstić information content (AvgIpc) is 2.67. The number of hydrogen-bond donors (Lipinski definition) is 2. The van der Waals surface area contributed by atoms with E-state index in [1.807, 2.05) is 19.1 Å². The monoisotopic (exact) mass is 492 g/mol. The molecule has 0 spiro atoms. The molecule has 1 fully saturated rings. The number of nitrogens with one attached hydrogen (secondary N) is 2. The Bertz CT molecular complexity index is 551. The maximum Gasteiger partial charge on any atom is 0.190 e. The maximum absolute atomic E-state index is 13.8. The maximum atomic E-state index is 13.8. The van der Waals surface area contributed by atoms with Crippen LogP contribution in [0, 0.1) is 11.7 Å². The Hall–Kier alpha value is -0.930. The topological polar surface area (TPSA) is 48.9 Å². The number of aliphatic imine (C=N–C) groups is 1. The molecule has 154 valence electrons. The van der Waals surface area contributed by atoms with E-state index in [2.05, 4.69) is 20.5 Å². The zero-order valence-corrected chi connectivity index (χ0v) is 18.9. The van der Waals surface area contributed by atoms with Crippen LogP contribution < -0.4 is 10.6 Å². The molecule has 27 heavy (non-hydrogen) atoms. The number of benzene rings is 1. The molecule has 1 aliphatic rings. The molecule has 1 heterocycles. The van der Waals surface area contributed by atoms with Crippen LogP contribution in [0.4, 0.5) is 4.39 Å². The van der Waals surface area contributed by atoms with Crippen LogP contribution in [0.25, 0.3) is 0 Å². The van der Waals surface area contributed by atoms with Crippen molar-refractivity contribution in [3.05, 3.63) is 35.6 Å². The highest BCUT2D eigenvalue weighted by molar-refractivity contribution is 14.0. The number of piperidine rings is 1. The molecule has 0 saturated carbocycles. The predicted molar refractivity (Wildman–Crippen MR) is 120 cm³/mol. The minimum absolute atomic E-state index is 0. The van der Waals surface area contributed by atoms with E-state index in [0.29, 0.717) is 12.5 Å². The molecule has 0 bridgehead atoms. The summed E-state index contributed by atoms with van der Waals surface area (Å²) < 4.78 is 19.1. The van der Waals surface area contributed by atoms with Gasteiger partial charge < -0.3 is 15.4 Å². The molecule has 0 atom stereocenters. The second-order valence-electron chi connectivity index (χ2n) is 6.74. The Morgan fingerprint density at radius 2 is 2.00 bits per heavy atom. The highest BCUT2D eigenvalue weighted by Crippen LogP contribution is 2.19. The number of likely N-dealkylation sites (tertiary alicyclic amines) is 1. The van der Waals surface area contributed by atoms with E-state index in [9.17, 15) is 4.39 Å². The summed E-state index contributed by atoms with van der Waals surface area (Å²) in [5.41, 5.74) is 0.792. The van der Waals surface area contributed by atoms with Crippen LogP contribution in [-0.2, 0) is 11.3 Å².